The molecule has 5 rings (SSSR count). The third-order valence-electron chi connectivity index (χ3n) is 14.9. The second-order valence-electron chi connectivity index (χ2n) is 20.1. The molecule has 1 amide bonds. The molecule has 15 nitrogen and oxygen atoms in total. The van der Waals surface area contributed by atoms with Crippen LogP contribution in [0.25, 0.3) is 0 Å². The standard InChI is InChI=1S/C53H79NO14/c1-12-37-20-30(2)19-31(3)23-46(64-10)49-47(65-11)25-34(6)53(61,68-49)50(58)51(59)54-18-14-13-15-40(54)52(60)67-48(35(7)41(55)28-42(37)56)33(5)24-36-16-17-44(45(26-36)63-9)66-29-43(57)38-21-32(4)22-39(27-38)62-8/h20-22,24,27,31,34-37,40-41,44-49,55,61H,12-19,23,25-26,28-29H2,1-11H3/b30-20+,33-24?. The van der Waals surface area contributed by atoms with Crippen molar-refractivity contribution in [1.29, 1.82) is 0 Å². The van der Waals surface area contributed by atoms with Crippen LogP contribution in [0.5, 0.6) is 5.75 Å². The van der Waals surface area contributed by atoms with E-state index in [1.165, 1.54) is 19.1 Å². The summed E-state index contributed by atoms with van der Waals surface area (Å²) >= 11 is 0. The molecule has 3 fully saturated rings. The predicted molar refractivity (Wildman–Crippen MR) is 254 cm³/mol. The highest BCUT2D eigenvalue weighted by Crippen LogP contribution is 2.39. The summed E-state index contributed by atoms with van der Waals surface area (Å²) in [5.41, 5.74) is 3.02. The van der Waals surface area contributed by atoms with Crippen molar-refractivity contribution in [1.82, 2.24) is 4.90 Å². The van der Waals surface area contributed by atoms with E-state index in [1.54, 1.807) is 40.2 Å². The van der Waals surface area contributed by atoms with Crippen LogP contribution in [0.1, 0.15) is 128 Å². The monoisotopic (exact) mass is 954 g/mol. The average molecular weight is 954 g/mol. The smallest absolute Gasteiger partial charge is 0.329 e. The minimum absolute atomic E-state index is 0.0160. The summed E-state index contributed by atoms with van der Waals surface area (Å²) < 4.78 is 41.9. The Labute approximate surface area is 403 Å². The zero-order valence-electron chi connectivity index (χ0n) is 42.3. The molecule has 15 heteroatoms. The highest BCUT2D eigenvalue weighted by Gasteiger charge is 2.56. The van der Waals surface area contributed by atoms with Crippen molar-refractivity contribution >= 4 is 29.2 Å². The van der Waals surface area contributed by atoms with Crippen molar-refractivity contribution < 1.29 is 67.3 Å². The first-order valence-corrected chi connectivity index (χ1v) is 24.7. The minimum Gasteiger partial charge on any atom is -0.497 e. The molecule has 1 aliphatic carbocycles. The SMILES string of the molecule is CCC1/C=C(\C)CC(C)CC(OC)C2OC(O)(C(=O)C(=O)N3CCCCC3C(=O)OC(C(C)=CC3CCC(OCC(=O)c4cc(C)cc(OC)c4)C(OC)C3)C(C)C(O)CC1=O)C(C)CC2OC. The predicted octanol–water partition coefficient (Wildman–Crippen LogP) is 6.70. The van der Waals surface area contributed by atoms with E-state index in [4.69, 9.17) is 33.2 Å². The lowest BCUT2D eigenvalue weighted by molar-refractivity contribution is -0.302. The Balaban J connectivity index is 1.44. The number of aliphatic hydroxyl groups excluding tert-OH is 1. The van der Waals surface area contributed by atoms with E-state index >= 15 is 0 Å². The number of ether oxygens (including phenoxy) is 7. The molecule has 0 spiro atoms. The number of benzene rings is 1. The van der Waals surface area contributed by atoms with Crippen LogP contribution in [0.3, 0.4) is 0 Å². The van der Waals surface area contributed by atoms with E-state index in [0.29, 0.717) is 68.3 Å². The summed E-state index contributed by atoms with van der Waals surface area (Å²) in [6.07, 6.45) is 3.68. The number of rotatable bonds is 11. The Morgan fingerprint density at radius 3 is 2.24 bits per heavy atom. The van der Waals surface area contributed by atoms with E-state index in [2.05, 4.69) is 0 Å². The molecule has 14 atom stereocenters. The van der Waals surface area contributed by atoms with Crippen molar-refractivity contribution in [2.24, 2.45) is 29.6 Å². The number of esters is 1. The first-order valence-electron chi connectivity index (χ1n) is 24.7. The number of cyclic esters (lactones) is 1. The van der Waals surface area contributed by atoms with Crippen LogP contribution in [-0.2, 0) is 47.6 Å². The molecule has 68 heavy (non-hydrogen) atoms. The topological polar surface area (TPSA) is 194 Å². The van der Waals surface area contributed by atoms with Gasteiger partial charge in [-0.25, -0.2) is 4.79 Å². The van der Waals surface area contributed by atoms with Gasteiger partial charge in [-0.1, -0.05) is 45.4 Å². The molecule has 2 N–H and O–H groups in total. The van der Waals surface area contributed by atoms with Gasteiger partial charge in [0.1, 0.15) is 36.4 Å². The number of ketones is 3. The molecular weight excluding hydrogens is 875 g/mol. The third-order valence-corrected chi connectivity index (χ3v) is 14.9. The van der Waals surface area contributed by atoms with Crippen LogP contribution >= 0.6 is 0 Å². The number of carbonyl (C=O) groups excluding carboxylic acids is 5. The molecule has 14 unspecified atom stereocenters. The summed E-state index contributed by atoms with van der Waals surface area (Å²) in [7, 11) is 6.22. The fourth-order valence-corrected chi connectivity index (χ4v) is 10.9. The van der Waals surface area contributed by atoms with Gasteiger partial charge in [-0.2, -0.15) is 0 Å². The number of aryl methyl sites for hydroxylation is 1. The first kappa shape index (κ1) is 55.1. The van der Waals surface area contributed by atoms with Gasteiger partial charge >= 0.3 is 5.97 Å². The highest BCUT2D eigenvalue weighted by molar-refractivity contribution is 6.39. The number of carbonyl (C=O) groups is 5. The van der Waals surface area contributed by atoms with E-state index in [-0.39, 0.29) is 68.0 Å². The number of aliphatic hydroxyl groups is 2. The number of hydrogen-bond donors (Lipinski definition) is 2. The molecule has 380 valence electrons. The van der Waals surface area contributed by atoms with Gasteiger partial charge in [0, 0.05) is 57.6 Å². The molecular formula is C53H79NO14. The second kappa shape index (κ2) is 24.8. The molecule has 0 radical (unpaired) electrons. The summed E-state index contributed by atoms with van der Waals surface area (Å²) in [5, 5.41) is 24.0. The zero-order valence-corrected chi connectivity index (χ0v) is 42.3. The molecule has 1 saturated carbocycles. The minimum atomic E-state index is -2.53. The van der Waals surface area contributed by atoms with Gasteiger partial charge in [0.2, 0.25) is 5.79 Å². The summed E-state index contributed by atoms with van der Waals surface area (Å²) in [6, 6.07) is 4.18. The fraction of sp³-hybridized carbons (Fsp3) is 0.717. The lowest BCUT2D eigenvalue weighted by atomic mass is 9.81. The molecule has 2 bridgehead atoms. The van der Waals surface area contributed by atoms with E-state index < -0.39 is 77.8 Å². The Morgan fingerprint density at radius 2 is 1.57 bits per heavy atom. The molecule has 3 heterocycles. The molecule has 2 saturated heterocycles. The number of methoxy groups -OCH3 is 4. The van der Waals surface area contributed by atoms with E-state index in [1.807, 2.05) is 52.8 Å². The molecule has 1 aromatic rings. The highest BCUT2D eigenvalue weighted by atomic mass is 16.7. The van der Waals surface area contributed by atoms with Crippen LogP contribution in [0, 0.1) is 36.5 Å². The summed E-state index contributed by atoms with van der Waals surface area (Å²) in [4.78, 5) is 71.6. The van der Waals surface area contributed by atoms with Crippen LogP contribution < -0.4 is 4.74 Å². The van der Waals surface area contributed by atoms with Gasteiger partial charge in [0.25, 0.3) is 11.7 Å². The maximum Gasteiger partial charge on any atom is 0.329 e. The van der Waals surface area contributed by atoms with Crippen LogP contribution in [0.15, 0.2) is 41.5 Å². The number of fused-ring (bicyclic) bond motifs is 3. The van der Waals surface area contributed by atoms with Gasteiger partial charge in [0.15, 0.2) is 5.78 Å². The van der Waals surface area contributed by atoms with E-state index in [0.717, 1.165) is 11.1 Å². The number of allylic oxidation sites excluding steroid dienone is 3. The number of nitrogens with zero attached hydrogens (tertiary/aromatic N) is 1. The second-order valence-corrected chi connectivity index (χ2v) is 20.1. The van der Waals surface area contributed by atoms with Crippen molar-refractivity contribution in [3.8, 4) is 5.75 Å². The Kier molecular flexibility index (Phi) is 20.1. The summed E-state index contributed by atoms with van der Waals surface area (Å²) in [6.45, 7) is 13.0. The largest absolute Gasteiger partial charge is 0.497 e. The van der Waals surface area contributed by atoms with Crippen LogP contribution in [-0.4, -0.2) is 140 Å². The zero-order chi connectivity index (χ0) is 50.0. The lowest BCUT2D eigenvalue weighted by Crippen LogP contribution is -2.64. The van der Waals surface area contributed by atoms with Gasteiger partial charge in [-0.05, 0) is 126 Å². The van der Waals surface area contributed by atoms with Crippen molar-refractivity contribution in [3.63, 3.8) is 0 Å². The number of Topliss-reactive ketones (excluding diaryl/α,β-unsaturated/α-hetero) is 3. The lowest BCUT2D eigenvalue weighted by Gasteiger charge is -2.47. The molecule has 1 aromatic carbocycles. The van der Waals surface area contributed by atoms with Gasteiger partial charge in [0.05, 0.1) is 37.6 Å². The van der Waals surface area contributed by atoms with Crippen molar-refractivity contribution in [2.75, 3.05) is 41.6 Å². The Bertz CT molecular complexity index is 1980. The van der Waals surface area contributed by atoms with Crippen LogP contribution in [0.2, 0.25) is 0 Å². The fourth-order valence-electron chi connectivity index (χ4n) is 10.9. The Hall–Kier alpha value is -3.83. The normalized spacial score (nSPS) is 36.2. The first-order chi connectivity index (χ1) is 32.3. The summed E-state index contributed by atoms with van der Waals surface area (Å²) in [5.74, 6) is -7.34. The van der Waals surface area contributed by atoms with E-state index in [9.17, 15) is 34.2 Å². The van der Waals surface area contributed by atoms with Crippen molar-refractivity contribution in [2.45, 2.75) is 174 Å². The van der Waals surface area contributed by atoms with Crippen molar-refractivity contribution in [3.05, 3.63) is 52.6 Å². The quantitative estimate of drug-likeness (QED) is 0.103. The van der Waals surface area contributed by atoms with Gasteiger partial charge in [-0.3, -0.25) is 19.2 Å². The average Bonchev–Trinajstić information content (AvgIpc) is 3.32. The molecule has 4 aliphatic rings. The molecule has 3 aliphatic heterocycles. The maximum absolute atomic E-state index is 14.5. The van der Waals surface area contributed by atoms with Gasteiger partial charge < -0.3 is 48.3 Å². The number of hydrogen-bond acceptors (Lipinski definition) is 14. The Morgan fingerprint density at radius 1 is 0.882 bits per heavy atom. The van der Waals surface area contributed by atoms with Gasteiger partial charge in [-0.15, -0.1) is 0 Å². The molecule has 0 aromatic heterocycles. The third kappa shape index (κ3) is 13.3. The number of piperidine rings is 1. The van der Waals surface area contributed by atoms with Crippen LogP contribution in [0.4, 0.5) is 0 Å². The number of amides is 1. The maximum atomic E-state index is 14.5.